The number of hydrogen-bond acceptors (Lipinski definition) is 3. The summed E-state index contributed by atoms with van der Waals surface area (Å²) in [4.78, 5) is 14.6. The molecule has 114 valence electrons. The zero-order valence-electron chi connectivity index (χ0n) is 12.4. The maximum Gasteiger partial charge on any atom is 0.269 e. The molecule has 0 fully saturated rings. The molecular weight excluding hydrogens is 278 g/mol. The molecular formula is C13H23N3O3S. The molecule has 0 bridgehead atoms. The van der Waals surface area contributed by atoms with Crippen LogP contribution in [0.4, 0.5) is 0 Å². The molecule has 1 heterocycles. The molecule has 1 aromatic heterocycles. The van der Waals surface area contributed by atoms with Crippen molar-refractivity contribution in [1.82, 2.24) is 15.0 Å². The largest absolute Gasteiger partial charge is 0.356 e. The van der Waals surface area contributed by atoms with Gasteiger partial charge in [0, 0.05) is 18.3 Å². The molecule has 3 N–H and O–H groups in total. The third-order valence-electron chi connectivity index (χ3n) is 2.48. The van der Waals surface area contributed by atoms with Crippen LogP contribution < -0.4 is 10.0 Å². The Morgan fingerprint density at radius 2 is 2.00 bits per heavy atom. The number of rotatable bonds is 6. The summed E-state index contributed by atoms with van der Waals surface area (Å²) < 4.78 is 27.0. The van der Waals surface area contributed by atoms with Crippen molar-refractivity contribution in [2.45, 2.75) is 51.0 Å². The highest BCUT2D eigenvalue weighted by Crippen LogP contribution is 2.16. The molecule has 0 saturated heterocycles. The summed E-state index contributed by atoms with van der Waals surface area (Å²) in [7, 11) is -3.72. The van der Waals surface area contributed by atoms with E-state index in [0.29, 0.717) is 6.54 Å². The second kappa shape index (κ2) is 6.41. The minimum atomic E-state index is -3.72. The predicted molar refractivity (Wildman–Crippen MR) is 78.1 cm³/mol. The number of unbranched alkanes of at least 4 members (excludes halogenated alkanes) is 1. The quantitative estimate of drug-likeness (QED) is 0.697. The Hall–Kier alpha value is -1.34. The maximum atomic E-state index is 12.3. The summed E-state index contributed by atoms with van der Waals surface area (Å²) in [5, 5.41) is 2.70. The van der Waals surface area contributed by atoms with Crippen molar-refractivity contribution in [1.29, 1.82) is 0 Å². The van der Waals surface area contributed by atoms with Gasteiger partial charge in [-0.2, -0.15) is 0 Å². The zero-order valence-corrected chi connectivity index (χ0v) is 13.2. The van der Waals surface area contributed by atoms with Gasteiger partial charge in [0.2, 0.25) is 10.0 Å². The first-order valence-corrected chi connectivity index (χ1v) is 8.15. The highest BCUT2D eigenvalue weighted by atomic mass is 32.2. The van der Waals surface area contributed by atoms with E-state index in [-0.39, 0.29) is 10.6 Å². The molecule has 0 aliphatic rings. The van der Waals surface area contributed by atoms with Crippen molar-refractivity contribution < 1.29 is 13.2 Å². The van der Waals surface area contributed by atoms with Crippen LogP contribution in [0.3, 0.4) is 0 Å². The fourth-order valence-electron chi connectivity index (χ4n) is 1.68. The summed E-state index contributed by atoms with van der Waals surface area (Å²) in [5.41, 5.74) is -0.538. The topological polar surface area (TPSA) is 91.1 Å². The first-order valence-electron chi connectivity index (χ1n) is 6.67. The standard InChI is InChI=1S/C13H23N3O3S/c1-5-6-8-15-12(17)11-10(7-9-14-11)20(18,19)16-13(2,3)4/h7,9,14,16H,5-6,8H2,1-4H3,(H,15,17). The van der Waals surface area contributed by atoms with Crippen LogP contribution in [0.5, 0.6) is 0 Å². The van der Waals surface area contributed by atoms with Crippen LogP contribution in [0.25, 0.3) is 0 Å². The van der Waals surface area contributed by atoms with Gasteiger partial charge in [-0.1, -0.05) is 13.3 Å². The molecule has 0 atom stereocenters. The minimum Gasteiger partial charge on any atom is -0.356 e. The highest BCUT2D eigenvalue weighted by Gasteiger charge is 2.27. The fourth-order valence-corrected chi connectivity index (χ4v) is 3.27. The van der Waals surface area contributed by atoms with Gasteiger partial charge in [0.1, 0.15) is 10.6 Å². The second-order valence-corrected chi connectivity index (χ2v) is 7.33. The number of aromatic amines is 1. The van der Waals surface area contributed by atoms with Crippen LogP contribution in [0, 0.1) is 0 Å². The van der Waals surface area contributed by atoms with Gasteiger partial charge < -0.3 is 10.3 Å². The Balaban J connectivity index is 2.94. The molecule has 7 heteroatoms. The van der Waals surface area contributed by atoms with Crippen LogP contribution in [-0.4, -0.2) is 31.4 Å². The van der Waals surface area contributed by atoms with Crippen molar-refractivity contribution in [3.63, 3.8) is 0 Å². The molecule has 0 saturated carbocycles. The van der Waals surface area contributed by atoms with Crippen LogP contribution in [-0.2, 0) is 10.0 Å². The number of H-pyrrole nitrogens is 1. The third-order valence-corrected chi connectivity index (χ3v) is 4.28. The smallest absolute Gasteiger partial charge is 0.269 e. The van der Waals surface area contributed by atoms with Gasteiger partial charge in [0.15, 0.2) is 0 Å². The van der Waals surface area contributed by atoms with Crippen molar-refractivity contribution in [3.05, 3.63) is 18.0 Å². The van der Waals surface area contributed by atoms with E-state index in [0.717, 1.165) is 12.8 Å². The lowest BCUT2D eigenvalue weighted by molar-refractivity contribution is 0.0945. The van der Waals surface area contributed by atoms with Crippen molar-refractivity contribution >= 4 is 15.9 Å². The van der Waals surface area contributed by atoms with Gasteiger partial charge in [-0.25, -0.2) is 13.1 Å². The van der Waals surface area contributed by atoms with Crippen LogP contribution >= 0.6 is 0 Å². The normalized spacial score (nSPS) is 12.4. The molecule has 0 radical (unpaired) electrons. The molecule has 0 aromatic carbocycles. The lowest BCUT2D eigenvalue weighted by atomic mass is 10.1. The average Bonchev–Trinajstić information content (AvgIpc) is 2.75. The van der Waals surface area contributed by atoms with Gasteiger partial charge in [0.25, 0.3) is 5.91 Å². The number of carbonyl (C=O) groups is 1. The summed E-state index contributed by atoms with van der Waals surface area (Å²) >= 11 is 0. The Kier molecular flexibility index (Phi) is 5.35. The van der Waals surface area contributed by atoms with E-state index in [1.807, 2.05) is 6.92 Å². The van der Waals surface area contributed by atoms with E-state index in [9.17, 15) is 13.2 Å². The SMILES string of the molecule is CCCCNC(=O)c1[nH]ccc1S(=O)(=O)NC(C)(C)C. The summed E-state index contributed by atoms with van der Waals surface area (Å²) in [6.45, 7) is 7.79. The lowest BCUT2D eigenvalue weighted by Gasteiger charge is -2.20. The van der Waals surface area contributed by atoms with Gasteiger partial charge in [0.05, 0.1) is 0 Å². The van der Waals surface area contributed by atoms with Gasteiger partial charge in [-0.05, 0) is 33.3 Å². The molecule has 1 rings (SSSR count). The van der Waals surface area contributed by atoms with Crippen molar-refractivity contribution in [2.24, 2.45) is 0 Å². The molecule has 20 heavy (non-hydrogen) atoms. The summed E-state index contributed by atoms with van der Waals surface area (Å²) in [6.07, 6.45) is 3.27. The fraction of sp³-hybridized carbons (Fsp3) is 0.615. The number of amides is 1. The predicted octanol–water partition coefficient (Wildman–Crippen LogP) is 1.62. The second-order valence-electron chi connectivity index (χ2n) is 5.68. The lowest BCUT2D eigenvalue weighted by Crippen LogP contribution is -2.41. The highest BCUT2D eigenvalue weighted by molar-refractivity contribution is 7.89. The first-order chi connectivity index (χ1) is 9.17. The number of aromatic nitrogens is 1. The Labute approximate surface area is 120 Å². The molecule has 0 unspecified atom stereocenters. The van der Waals surface area contributed by atoms with Crippen molar-refractivity contribution in [3.8, 4) is 0 Å². The minimum absolute atomic E-state index is 0.0265. The third kappa shape index (κ3) is 4.64. The van der Waals surface area contributed by atoms with Crippen molar-refractivity contribution in [2.75, 3.05) is 6.54 Å². The molecule has 0 spiro atoms. The summed E-state index contributed by atoms with van der Waals surface area (Å²) in [5.74, 6) is -0.405. The number of hydrogen-bond donors (Lipinski definition) is 3. The van der Waals surface area contributed by atoms with Gasteiger partial charge in [-0.3, -0.25) is 4.79 Å². The molecule has 0 aliphatic heterocycles. The number of nitrogens with one attached hydrogen (secondary N) is 3. The van der Waals surface area contributed by atoms with Crippen LogP contribution in [0.2, 0.25) is 0 Å². The number of carbonyl (C=O) groups excluding carboxylic acids is 1. The van der Waals surface area contributed by atoms with E-state index in [4.69, 9.17) is 0 Å². The average molecular weight is 301 g/mol. The van der Waals surface area contributed by atoms with E-state index in [1.54, 1.807) is 20.8 Å². The van der Waals surface area contributed by atoms with Crippen LogP contribution in [0.1, 0.15) is 51.0 Å². The monoisotopic (exact) mass is 301 g/mol. The van der Waals surface area contributed by atoms with Gasteiger partial charge >= 0.3 is 0 Å². The van der Waals surface area contributed by atoms with E-state index < -0.39 is 21.5 Å². The number of sulfonamides is 1. The first kappa shape index (κ1) is 16.7. The maximum absolute atomic E-state index is 12.3. The zero-order chi connectivity index (χ0) is 15.4. The Morgan fingerprint density at radius 3 is 2.55 bits per heavy atom. The Bertz CT molecular complexity index is 556. The summed E-state index contributed by atoms with van der Waals surface area (Å²) in [6, 6.07) is 1.39. The van der Waals surface area contributed by atoms with Gasteiger partial charge in [-0.15, -0.1) is 0 Å². The molecule has 1 aromatic rings. The molecule has 1 amide bonds. The molecule has 0 aliphatic carbocycles. The van der Waals surface area contributed by atoms with E-state index in [2.05, 4.69) is 15.0 Å². The van der Waals surface area contributed by atoms with E-state index >= 15 is 0 Å². The molecule has 6 nitrogen and oxygen atoms in total. The Morgan fingerprint density at radius 1 is 1.35 bits per heavy atom. The van der Waals surface area contributed by atoms with E-state index in [1.165, 1.54) is 12.3 Å². The van der Waals surface area contributed by atoms with Crippen LogP contribution in [0.15, 0.2) is 17.2 Å².